The molecule has 21 heavy (non-hydrogen) atoms. The summed E-state index contributed by atoms with van der Waals surface area (Å²) in [6.07, 6.45) is 6.52. The molecule has 114 valence electrons. The monoisotopic (exact) mass is 310 g/mol. The third kappa shape index (κ3) is 4.82. The molecule has 0 heterocycles. The van der Waals surface area contributed by atoms with Gasteiger partial charge in [0.05, 0.1) is 12.0 Å². The Morgan fingerprint density at radius 1 is 1.24 bits per heavy atom. The van der Waals surface area contributed by atoms with Crippen molar-refractivity contribution in [1.82, 2.24) is 4.47 Å². The van der Waals surface area contributed by atoms with Crippen LogP contribution in [0.15, 0.2) is 53.5 Å². The van der Waals surface area contributed by atoms with Crippen molar-refractivity contribution in [3.05, 3.63) is 48.6 Å². The van der Waals surface area contributed by atoms with Crippen LogP contribution in [-0.4, -0.2) is 33.0 Å². The first-order valence-corrected chi connectivity index (χ1v) is 7.59. The van der Waals surface area contributed by atoms with Crippen LogP contribution in [0, 0.1) is 0 Å². The number of nitrogens with one attached hydrogen (secondary N) is 1. The maximum absolute atomic E-state index is 12.0. The number of hydrogen-bond donors (Lipinski definition) is 1. The van der Waals surface area contributed by atoms with Crippen LogP contribution in [0.3, 0.4) is 0 Å². The van der Waals surface area contributed by atoms with Crippen LogP contribution in [-0.2, 0) is 19.7 Å². The fourth-order valence-corrected chi connectivity index (χ4v) is 2.37. The lowest BCUT2D eigenvalue weighted by atomic mass is 10.3. The Kier molecular flexibility index (Phi) is 6.29. The number of nitrogens with zero attached hydrogens (tertiary/aromatic N) is 1. The van der Waals surface area contributed by atoms with E-state index in [0.717, 1.165) is 4.47 Å². The summed E-state index contributed by atoms with van der Waals surface area (Å²) in [5.41, 5.74) is 0.504. The number of anilines is 1. The number of sulfonamides is 1. The van der Waals surface area contributed by atoms with E-state index in [1.54, 1.807) is 18.2 Å². The number of rotatable bonds is 6. The van der Waals surface area contributed by atoms with Crippen molar-refractivity contribution in [3.63, 3.8) is 0 Å². The van der Waals surface area contributed by atoms with Gasteiger partial charge in [-0.2, -0.15) is 0 Å². The van der Waals surface area contributed by atoms with Crippen LogP contribution >= 0.6 is 0 Å². The van der Waals surface area contributed by atoms with Gasteiger partial charge in [0.1, 0.15) is 0 Å². The summed E-state index contributed by atoms with van der Waals surface area (Å²) in [5, 5.41) is 2.62. The Balaban J connectivity index is 2.82. The number of amides is 1. The van der Waals surface area contributed by atoms with Crippen LogP contribution in [0.2, 0.25) is 0 Å². The molecule has 7 heteroatoms. The largest absolute Gasteiger partial charge is 0.323 e. The molecular weight excluding hydrogens is 292 g/mol. The van der Waals surface area contributed by atoms with Crippen LogP contribution in [0.1, 0.15) is 6.92 Å². The fourth-order valence-electron chi connectivity index (χ4n) is 1.39. The van der Waals surface area contributed by atoms with Gasteiger partial charge in [-0.05, 0) is 31.2 Å². The number of carbonyl (C=O) groups excluding carboxylic acids is 1. The summed E-state index contributed by atoms with van der Waals surface area (Å²) in [4.78, 5) is 16.3. The quantitative estimate of drug-likeness (QED) is 0.495. The molecule has 1 rings (SSSR count). The van der Waals surface area contributed by atoms with Gasteiger partial charge in [0, 0.05) is 18.8 Å². The molecule has 0 spiro atoms. The van der Waals surface area contributed by atoms with Gasteiger partial charge in [-0.1, -0.05) is 22.7 Å². The Hall–Kier alpha value is -1.96. The predicted octanol–water partition coefficient (Wildman–Crippen LogP) is 1.94. The molecule has 0 aliphatic carbocycles. The molecule has 1 amide bonds. The van der Waals surface area contributed by atoms with Gasteiger partial charge in [0.25, 0.3) is 10.0 Å². The Bertz CT molecular complexity index is 633. The molecule has 0 aromatic heterocycles. The van der Waals surface area contributed by atoms with Crippen molar-refractivity contribution in [2.75, 3.05) is 19.5 Å². The summed E-state index contributed by atoms with van der Waals surface area (Å²) >= 11 is 0. The topological polar surface area (TPSA) is 75.7 Å². The third-order valence-corrected chi connectivity index (χ3v) is 4.26. The number of hydroxylamine groups is 1. The van der Waals surface area contributed by atoms with Crippen LogP contribution in [0.5, 0.6) is 0 Å². The highest BCUT2D eigenvalue weighted by Gasteiger charge is 2.20. The normalized spacial score (nSPS) is 12.4. The maximum Gasteiger partial charge on any atom is 0.264 e. The highest BCUT2D eigenvalue weighted by Crippen LogP contribution is 2.17. The average Bonchev–Trinajstić information content (AvgIpc) is 2.47. The molecule has 1 aromatic rings. The minimum atomic E-state index is -3.68. The first-order valence-electron chi connectivity index (χ1n) is 6.15. The standard InChI is InChI=1S/C14H18N2O4S/c1-4-5-6-7-14(17)15-12-8-10-13(11-9-12)21(18,19)16(2)20-3/h4-11H,1-3H3,(H,15,17)/b5-4+,7-6+. The summed E-state index contributed by atoms with van der Waals surface area (Å²) < 4.78 is 24.7. The zero-order valence-electron chi connectivity index (χ0n) is 12.1. The summed E-state index contributed by atoms with van der Waals surface area (Å²) in [7, 11) is -1.11. The molecule has 0 bridgehead atoms. The van der Waals surface area contributed by atoms with E-state index < -0.39 is 10.0 Å². The highest BCUT2D eigenvalue weighted by molar-refractivity contribution is 7.89. The molecule has 0 saturated carbocycles. The number of allylic oxidation sites excluding steroid dienone is 3. The van der Waals surface area contributed by atoms with Crippen molar-refractivity contribution in [1.29, 1.82) is 0 Å². The SMILES string of the molecule is C/C=C/C=C/C(=O)Nc1ccc(S(=O)(=O)N(C)OC)cc1. The van der Waals surface area contributed by atoms with E-state index in [-0.39, 0.29) is 10.8 Å². The molecule has 0 aliphatic rings. The van der Waals surface area contributed by atoms with E-state index in [4.69, 9.17) is 0 Å². The zero-order valence-corrected chi connectivity index (χ0v) is 12.9. The second-order valence-corrected chi connectivity index (χ2v) is 5.93. The molecule has 0 fully saturated rings. The fraction of sp³-hybridized carbons (Fsp3) is 0.214. The van der Waals surface area contributed by atoms with Crippen LogP contribution in [0.4, 0.5) is 5.69 Å². The van der Waals surface area contributed by atoms with E-state index >= 15 is 0 Å². The van der Waals surface area contributed by atoms with Crippen molar-refractivity contribution in [2.45, 2.75) is 11.8 Å². The Morgan fingerprint density at radius 2 is 1.86 bits per heavy atom. The van der Waals surface area contributed by atoms with Gasteiger partial charge in [-0.25, -0.2) is 8.42 Å². The van der Waals surface area contributed by atoms with Crippen LogP contribution < -0.4 is 5.32 Å². The smallest absolute Gasteiger partial charge is 0.264 e. The van der Waals surface area contributed by atoms with E-state index in [0.29, 0.717) is 5.69 Å². The molecular formula is C14H18N2O4S. The average molecular weight is 310 g/mol. The van der Waals surface area contributed by atoms with Crippen LogP contribution in [0.25, 0.3) is 0 Å². The van der Waals surface area contributed by atoms with E-state index in [1.807, 2.05) is 6.92 Å². The molecule has 0 saturated heterocycles. The second kappa shape index (κ2) is 7.72. The lowest BCUT2D eigenvalue weighted by Crippen LogP contribution is -2.25. The number of carbonyl (C=O) groups is 1. The molecule has 0 atom stereocenters. The second-order valence-electron chi connectivity index (χ2n) is 4.00. The van der Waals surface area contributed by atoms with Crippen molar-refractivity contribution in [3.8, 4) is 0 Å². The van der Waals surface area contributed by atoms with E-state index in [2.05, 4.69) is 10.2 Å². The lowest BCUT2D eigenvalue weighted by molar-refractivity contribution is -0.111. The predicted molar refractivity (Wildman–Crippen MR) is 81.0 cm³/mol. The zero-order chi connectivity index (χ0) is 15.9. The van der Waals surface area contributed by atoms with Gasteiger partial charge in [0.15, 0.2) is 0 Å². The lowest BCUT2D eigenvalue weighted by Gasteiger charge is -2.14. The number of hydrogen-bond acceptors (Lipinski definition) is 4. The first kappa shape index (κ1) is 17.1. The van der Waals surface area contributed by atoms with E-state index in [1.165, 1.54) is 44.5 Å². The molecule has 0 unspecified atom stereocenters. The molecule has 1 aromatic carbocycles. The minimum absolute atomic E-state index is 0.0781. The van der Waals surface area contributed by atoms with Gasteiger partial charge in [-0.3, -0.25) is 9.63 Å². The van der Waals surface area contributed by atoms with Gasteiger partial charge >= 0.3 is 0 Å². The Labute approximate surface area is 124 Å². The van der Waals surface area contributed by atoms with E-state index in [9.17, 15) is 13.2 Å². The third-order valence-electron chi connectivity index (χ3n) is 2.57. The minimum Gasteiger partial charge on any atom is -0.323 e. The summed E-state index contributed by atoms with van der Waals surface area (Å²) in [6.45, 7) is 1.85. The summed E-state index contributed by atoms with van der Waals surface area (Å²) in [5.74, 6) is -0.294. The van der Waals surface area contributed by atoms with Crippen molar-refractivity contribution in [2.24, 2.45) is 0 Å². The summed E-state index contributed by atoms with van der Waals surface area (Å²) in [6, 6.07) is 5.82. The van der Waals surface area contributed by atoms with Gasteiger partial charge in [-0.15, -0.1) is 0 Å². The molecule has 0 radical (unpaired) electrons. The van der Waals surface area contributed by atoms with Crippen molar-refractivity contribution < 1.29 is 18.0 Å². The number of benzene rings is 1. The molecule has 6 nitrogen and oxygen atoms in total. The first-order chi connectivity index (χ1) is 9.91. The molecule has 1 N–H and O–H groups in total. The van der Waals surface area contributed by atoms with Gasteiger partial charge in [0.2, 0.25) is 5.91 Å². The van der Waals surface area contributed by atoms with Crippen molar-refractivity contribution >= 4 is 21.6 Å². The van der Waals surface area contributed by atoms with Gasteiger partial charge < -0.3 is 5.32 Å². The maximum atomic E-state index is 12.0. The Morgan fingerprint density at radius 3 is 2.38 bits per heavy atom. The molecule has 0 aliphatic heterocycles. The highest BCUT2D eigenvalue weighted by atomic mass is 32.2.